The minimum atomic E-state index is -3.82. The Kier molecular flexibility index (Phi) is 3.65. The molecule has 17 heavy (non-hydrogen) atoms. The summed E-state index contributed by atoms with van der Waals surface area (Å²) in [6.45, 7) is 1.23. The molecule has 0 radical (unpaired) electrons. The number of sulfonamides is 1. The first-order valence-corrected chi connectivity index (χ1v) is 6.02. The number of carboxylic acid groups (broad SMARTS) is 1. The molecule has 1 aromatic rings. The summed E-state index contributed by atoms with van der Waals surface area (Å²) in [5, 5.41) is 15.9. The van der Waals surface area contributed by atoms with Crippen molar-refractivity contribution in [2.45, 2.75) is 12.2 Å². The summed E-state index contributed by atoms with van der Waals surface area (Å²) < 4.78 is 25.0. The summed E-state index contributed by atoms with van der Waals surface area (Å²) in [6, 6.07) is 4.01. The fourth-order valence-electron chi connectivity index (χ4n) is 0.884. The van der Waals surface area contributed by atoms with Gasteiger partial charge < -0.3 is 5.11 Å². The normalized spacial score (nSPS) is 12.5. The molecular formula is C9H9N3O4S. The Hall–Kier alpha value is -2.14. The molecule has 8 heteroatoms. The number of aromatic carboxylic acids is 1. The van der Waals surface area contributed by atoms with Gasteiger partial charge in [0.2, 0.25) is 10.0 Å². The Bertz CT molecular complexity index is 559. The quantitative estimate of drug-likeness (QED) is 0.805. The van der Waals surface area contributed by atoms with Crippen LogP contribution in [0.2, 0.25) is 0 Å². The van der Waals surface area contributed by atoms with Gasteiger partial charge in [0, 0.05) is 6.20 Å². The van der Waals surface area contributed by atoms with Gasteiger partial charge >= 0.3 is 5.97 Å². The second-order valence-corrected chi connectivity index (χ2v) is 5.16. The number of nitriles is 1. The van der Waals surface area contributed by atoms with E-state index in [0.717, 1.165) is 6.20 Å². The van der Waals surface area contributed by atoms with Crippen LogP contribution >= 0.6 is 0 Å². The van der Waals surface area contributed by atoms with Gasteiger partial charge in [0.15, 0.2) is 5.25 Å². The molecule has 1 atom stereocenters. The van der Waals surface area contributed by atoms with E-state index >= 15 is 0 Å². The van der Waals surface area contributed by atoms with Crippen molar-refractivity contribution >= 4 is 21.8 Å². The number of pyridine rings is 1. The minimum Gasteiger partial charge on any atom is -0.478 e. The number of anilines is 1. The van der Waals surface area contributed by atoms with Crippen LogP contribution < -0.4 is 4.72 Å². The van der Waals surface area contributed by atoms with Gasteiger partial charge in [-0.15, -0.1) is 0 Å². The largest absolute Gasteiger partial charge is 0.478 e. The highest BCUT2D eigenvalue weighted by Crippen LogP contribution is 2.09. The van der Waals surface area contributed by atoms with Gasteiger partial charge in [-0.1, -0.05) is 0 Å². The molecule has 0 aromatic carbocycles. The lowest BCUT2D eigenvalue weighted by Crippen LogP contribution is -2.24. The molecule has 0 aliphatic carbocycles. The number of nitrogens with one attached hydrogen (secondary N) is 1. The first kappa shape index (κ1) is 12.9. The molecular weight excluding hydrogens is 246 g/mol. The standard InChI is InChI=1S/C9H9N3O4S/c1-6(4-10)17(15,16)12-8-3-2-7(5-11-8)9(13)14/h2-3,5-6H,1H3,(H,11,12)(H,13,14). The van der Waals surface area contributed by atoms with Gasteiger partial charge in [0.1, 0.15) is 5.82 Å². The zero-order valence-corrected chi connectivity index (χ0v) is 9.60. The van der Waals surface area contributed by atoms with E-state index in [1.54, 1.807) is 6.07 Å². The molecule has 0 saturated carbocycles. The van der Waals surface area contributed by atoms with Gasteiger partial charge in [0.05, 0.1) is 11.6 Å². The highest BCUT2D eigenvalue weighted by Gasteiger charge is 2.20. The molecule has 1 heterocycles. The van der Waals surface area contributed by atoms with Crippen LogP contribution in [0.4, 0.5) is 5.82 Å². The highest BCUT2D eigenvalue weighted by atomic mass is 32.2. The number of carbonyl (C=O) groups is 1. The van der Waals surface area contributed by atoms with E-state index in [1.165, 1.54) is 19.1 Å². The Labute approximate surface area is 97.8 Å². The smallest absolute Gasteiger partial charge is 0.337 e. The van der Waals surface area contributed by atoms with Gasteiger partial charge in [-0.25, -0.2) is 18.2 Å². The minimum absolute atomic E-state index is 0.0305. The van der Waals surface area contributed by atoms with E-state index in [9.17, 15) is 13.2 Å². The van der Waals surface area contributed by atoms with Crippen molar-refractivity contribution in [3.8, 4) is 6.07 Å². The fourth-order valence-corrected chi connectivity index (χ4v) is 1.61. The number of hydrogen-bond donors (Lipinski definition) is 2. The molecule has 1 unspecified atom stereocenters. The molecule has 0 bridgehead atoms. The lowest BCUT2D eigenvalue weighted by molar-refractivity contribution is 0.0696. The van der Waals surface area contributed by atoms with Crippen LogP contribution in [0, 0.1) is 11.3 Å². The molecule has 0 spiro atoms. The number of rotatable bonds is 4. The van der Waals surface area contributed by atoms with Crippen LogP contribution in [-0.4, -0.2) is 29.7 Å². The first-order valence-electron chi connectivity index (χ1n) is 4.47. The van der Waals surface area contributed by atoms with Crippen molar-refractivity contribution in [2.24, 2.45) is 0 Å². The average Bonchev–Trinajstić information content (AvgIpc) is 2.28. The molecule has 1 aromatic heterocycles. The first-order chi connectivity index (χ1) is 7.86. The van der Waals surface area contributed by atoms with E-state index in [-0.39, 0.29) is 11.4 Å². The maximum atomic E-state index is 11.5. The SMILES string of the molecule is CC(C#N)S(=O)(=O)Nc1ccc(C(=O)O)cn1. The number of nitrogens with zero attached hydrogens (tertiary/aromatic N) is 2. The summed E-state index contributed by atoms with van der Waals surface area (Å²) in [5.41, 5.74) is -0.0544. The summed E-state index contributed by atoms with van der Waals surface area (Å²) in [6.07, 6.45) is 1.03. The maximum Gasteiger partial charge on any atom is 0.337 e. The van der Waals surface area contributed by atoms with Gasteiger partial charge in [-0.2, -0.15) is 5.26 Å². The molecule has 1 rings (SSSR count). The third kappa shape index (κ3) is 3.15. The molecule has 0 fully saturated rings. The van der Waals surface area contributed by atoms with Gasteiger partial charge in [0.25, 0.3) is 0 Å². The fraction of sp³-hybridized carbons (Fsp3) is 0.222. The lowest BCUT2D eigenvalue weighted by Gasteiger charge is -2.08. The summed E-state index contributed by atoms with van der Waals surface area (Å²) >= 11 is 0. The van der Waals surface area contributed by atoms with Crippen molar-refractivity contribution in [3.05, 3.63) is 23.9 Å². The molecule has 2 N–H and O–H groups in total. The second-order valence-electron chi connectivity index (χ2n) is 3.16. The summed E-state index contributed by atoms with van der Waals surface area (Å²) in [4.78, 5) is 14.2. The Morgan fingerprint density at radius 3 is 2.65 bits per heavy atom. The van der Waals surface area contributed by atoms with Crippen molar-refractivity contribution in [1.82, 2.24) is 4.98 Å². The summed E-state index contributed by atoms with van der Waals surface area (Å²) in [5.74, 6) is -1.19. The lowest BCUT2D eigenvalue weighted by atomic mass is 10.3. The van der Waals surface area contributed by atoms with Crippen LogP contribution in [0.25, 0.3) is 0 Å². The van der Waals surface area contributed by atoms with Crippen molar-refractivity contribution < 1.29 is 18.3 Å². The third-order valence-corrected chi connectivity index (χ3v) is 3.43. The Balaban J connectivity index is 2.91. The highest BCUT2D eigenvalue weighted by molar-refractivity contribution is 7.93. The summed E-state index contributed by atoms with van der Waals surface area (Å²) in [7, 11) is -3.82. The molecule has 0 aliphatic heterocycles. The third-order valence-electron chi connectivity index (χ3n) is 1.90. The zero-order valence-electron chi connectivity index (χ0n) is 8.78. The topological polar surface area (TPSA) is 120 Å². The van der Waals surface area contributed by atoms with Crippen LogP contribution in [0.3, 0.4) is 0 Å². The Morgan fingerprint density at radius 1 is 1.59 bits per heavy atom. The molecule has 0 aliphatic rings. The number of hydrogen-bond acceptors (Lipinski definition) is 5. The number of aromatic nitrogens is 1. The van der Waals surface area contributed by atoms with Crippen molar-refractivity contribution in [2.75, 3.05) is 4.72 Å². The van der Waals surface area contributed by atoms with Crippen molar-refractivity contribution in [3.63, 3.8) is 0 Å². The van der Waals surface area contributed by atoms with E-state index in [1.807, 2.05) is 0 Å². The molecule has 7 nitrogen and oxygen atoms in total. The second kappa shape index (κ2) is 4.80. The van der Waals surface area contributed by atoms with Gasteiger partial charge in [-0.3, -0.25) is 4.72 Å². The molecule has 0 saturated heterocycles. The monoisotopic (exact) mass is 255 g/mol. The van der Waals surface area contributed by atoms with E-state index < -0.39 is 21.2 Å². The predicted octanol–water partition coefficient (Wildman–Crippen LogP) is 0.434. The van der Waals surface area contributed by atoms with E-state index in [2.05, 4.69) is 9.71 Å². The van der Waals surface area contributed by atoms with E-state index in [4.69, 9.17) is 10.4 Å². The van der Waals surface area contributed by atoms with Gasteiger partial charge in [-0.05, 0) is 19.1 Å². The Morgan fingerprint density at radius 2 is 2.24 bits per heavy atom. The van der Waals surface area contributed by atoms with Crippen LogP contribution in [0.1, 0.15) is 17.3 Å². The molecule has 0 amide bonds. The van der Waals surface area contributed by atoms with Crippen LogP contribution in [0.15, 0.2) is 18.3 Å². The maximum absolute atomic E-state index is 11.5. The average molecular weight is 255 g/mol. The number of carboxylic acids is 1. The zero-order chi connectivity index (χ0) is 13.1. The van der Waals surface area contributed by atoms with Crippen LogP contribution in [-0.2, 0) is 10.0 Å². The molecule has 90 valence electrons. The van der Waals surface area contributed by atoms with Crippen LogP contribution in [0.5, 0.6) is 0 Å². The van der Waals surface area contributed by atoms with Crippen molar-refractivity contribution in [1.29, 1.82) is 5.26 Å². The van der Waals surface area contributed by atoms with E-state index in [0.29, 0.717) is 0 Å². The predicted molar refractivity (Wildman–Crippen MR) is 58.8 cm³/mol.